The minimum atomic E-state index is -4.55. The van der Waals surface area contributed by atoms with Crippen molar-refractivity contribution in [1.82, 2.24) is 9.88 Å². The van der Waals surface area contributed by atoms with E-state index in [1.54, 1.807) is 0 Å². The Balaban J connectivity index is 2.62. The first-order valence-electron chi connectivity index (χ1n) is 7.66. The highest BCUT2D eigenvalue weighted by molar-refractivity contribution is 5.76. The number of carbonyl (C=O) groups excluding carboxylic acids is 1. The second-order valence-corrected chi connectivity index (χ2v) is 6.17. The lowest BCUT2D eigenvalue weighted by Gasteiger charge is -2.15. The van der Waals surface area contributed by atoms with Gasteiger partial charge in [-0.25, -0.2) is 0 Å². The Bertz CT molecular complexity index is 579. The molecule has 1 aromatic heterocycles. The van der Waals surface area contributed by atoms with Gasteiger partial charge in [0.2, 0.25) is 5.91 Å². The molecule has 0 radical (unpaired) electrons. The topological polar surface area (TPSA) is 51.1 Å². The lowest BCUT2D eigenvalue weighted by Crippen LogP contribution is -2.37. The van der Waals surface area contributed by atoms with Crippen LogP contribution in [0.5, 0.6) is 0 Å². The Morgan fingerprint density at radius 1 is 1.22 bits per heavy atom. The summed E-state index contributed by atoms with van der Waals surface area (Å²) in [5, 5.41) is 2.71. The maximum Gasteiger partial charge on any atom is 0.417 e. The normalized spacial score (nSPS) is 13.2. The smallest absolute Gasteiger partial charge is 0.352 e. The number of aromatic nitrogens is 1. The molecule has 130 valence electrons. The van der Waals surface area contributed by atoms with Gasteiger partial charge in [-0.1, -0.05) is 26.7 Å². The third-order valence-corrected chi connectivity index (χ3v) is 3.45. The molecule has 1 N–H and O–H groups in total. The van der Waals surface area contributed by atoms with Gasteiger partial charge in [-0.15, -0.1) is 0 Å². The molecular weight excluding hydrogens is 309 g/mol. The van der Waals surface area contributed by atoms with Gasteiger partial charge in [0.15, 0.2) is 0 Å². The quantitative estimate of drug-likeness (QED) is 0.834. The molecule has 0 spiro atoms. The average molecular weight is 332 g/mol. The molecule has 0 aromatic carbocycles. The molecule has 0 unspecified atom stereocenters. The monoisotopic (exact) mass is 332 g/mol. The van der Waals surface area contributed by atoms with Gasteiger partial charge in [0, 0.05) is 18.3 Å². The predicted molar refractivity (Wildman–Crippen MR) is 82.0 cm³/mol. The molecule has 0 bridgehead atoms. The molecule has 4 nitrogen and oxygen atoms in total. The fourth-order valence-corrected chi connectivity index (χ4v) is 2.20. The fraction of sp³-hybridized carbons (Fsp3) is 0.625. The number of carbonyl (C=O) groups is 1. The van der Waals surface area contributed by atoms with Crippen LogP contribution in [0.2, 0.25) is 0 Å². The number of halogens is 3. The lowest BCUT2D eigenvalue weighted by atomic mass is 10.0. The minimum absolute atomic E-state index is 0.0808. The zero-order valence-electron chi connectivity index (χ0n) is 13.6. The van der Waals surface area contributed by atoms with Crippen molar-refractivity contribution in [2.45, 2.75) is 58.8 Å². The summed E-state index contributed by atoms with van der Waals surface area (Å²) in [4.78, 5) is 23.5. The molecule has 1 atom stereocenters. The summed E-state index contributed by atoms with van der Waals surface area (Å²) in [6.45, 7) is 5.65. The molecule has 1 heterocycles. The summed E-state index contributed by atoms with van der Waals surface area (Å²) in [5.74, 6) is 0.116. The Kier molecular flexibility index (Phi) is 6.84. The summed E-state index contributed by atoms with van der Waals surface area (Å²) in [7, 11) is 0. The van der Waals surface area contributed by atoms with Gasteiger partial charge in [-0.2, -0.15) is 13.2 Å². The maximum absolute atomic E-state index is 12.6. The molecule has 1 amide bonds. The number of hydrogen-bond donors (Lipinski definition) is 1. The summed E-state index contributed by atoms with van der Waals surface area (Å²) in [5.41, 5.74) is -1.59. The van der Waals surface area contributed by atoms with Crippen LogP contribution in [0.1, 0.15) is 45.6 Å². The van der Waals surface area contributed by atoms with E-state index >= 15 is 0 Å². The zero-order chi connectivity index (χ0) is 17.6. The summed E-state index contributed by atoms with van der Waals surface area (Å²) >= 11 is 0. The van der Waals surface area contributed by atoms with Crippen molar-refractivity contribution >= 4 is 5.91 Å². The highest BCUT2D eigenvalue weighted by atomic mass is 19.4. The molecule has 1 aromatic rings. The van der Waals surface area contributed by atoms with Crippen molar-refractivity contribution in [3.8, 4) is 0 Å². The number of nitrogens with one attached hydrogen (secondary N) is 1. The Labute approximate surface area is 133 Å². The molecule has 7 heteroatoms. The fourth-order valence-electron chi connectivity index (χ4n) is 2.20. The lowest BCUT2D eigenvalue weighted by molar-refractivity contribution is -0.138. The van der Waals surface area contributed by atoms with Crippen molar-refractivity contribution < 1.29 is 18.0 Å². The predicted octanol–water partition coefficient (Wildman–Crippen LogP) is 3.20. The first kappa shape index (κ1) is 19.3. The van der Waals surface area contributed by atoms with E-state index in [1.807, 2.05) is 6.92 Å². The number of alkyl halides is 3. The number of hydrogen-bond acceptors (Lipinski definition) is 2. The van der Waals surface area contributed by atoms with Crippen LogP contribution in [0.4, 0.5) is 13.2 Å². The van der Waals surface area contributed by atoms with Crippen LogP contribution in [-0.4, -0.2) is 16.5 Å². The zero-order valence-corrected chi connectivity index (χ0v) is 13.6. The van der Waals surface area contributed by atoms with Gasteiger partial charge >= 0.3 is 6.18 Å². The molecular formula is C16H23F3N2O2. The summed E-state index contributed by atoms with van der Waals surface area (Å²) in [6.07, 6.45) is -1.07. The Hall–Kier alpha value is -1.79. The first-order chi connectivity index (χ1) is 10.6. The van der Waals surface area contributed by atoms with Crippen LogP contribution in [-0.2, 0) is 17.5 Å². The first-order valence-corrected chi connectivity index (χ1v) is 7.66. The van der Waals surface area contributed by atoms with E-state index in [0.717, 1.165) is 29.9 Å². The Morgan fingerprint density at radius 3 is 2.43 bits per heavy atom. The minimum Gasteiger partial charge on any atom is -0.352 e. The molecule has 1 rings (SSSR count). The largest absolute Gasteiger partial charge is 0.417 e. The van der Waals surface area contributed by atoms with E-state index in [-0.39, 0.29) is 6.04 Å². The van der Waals surface area contributed by atoms with Gasteiger partial charge in [-0.3, -0.25) is 9.59 Å². The van der Waals surface area contributed by atoms with Crippen LogP contribution >= 0.6 is 0 Å². The third kappa shape index (κ3) is 6.88. The second kappa shape index (κ2) is 8.17. The summed E-state index contributed by atoms with van der Waals surface area (Å²) < 4.78 is 38.7. The van der Waals surface area contributed by atoms with Gasteiger partial charge < -0.3 is 9.88 Å². The number of nitrogens with zero attached hydrogens (tertiary/aromatic N) is 1. The molecule has 23 heavy (non-hydrogen) atoms. The van der Waals surface area contributed by atoms with Gasteiger partial charge in [0.25, 0.3) is 5.56 Å². The van der Waals surface area contributed by atoms with E-state index < -0.39 is 29.8 Å². The van der Waals surface area contributed by atoms with E-state index in [2.05, 4.69) is 19.2 Å². The van der Waals surface area contributed by atoms with Crippen molar-refractivity contribution in [3.05, 3.63) is 34.2 Å². The Morgan fingerprint density at radius 2 is 1.87 bits per heavy atom. The highest BCUT2D eigenvalue weighted by Gasteiger charge is 2.31. The molecule has 0 saturated heterocycles. The van der Waals surface area contributed by atoms with E-state index in [0.29, 0.717) is 18.2 Å². The van der Waals surface area contributed by atoms with Crippen molar-refractivity contribution in [3.63, 3.8) is 0 Å². The van der Waals surface area contributed by atoms with Crippen molar-refractivity contribution in [1.29, 1.82) is 0 Å². The van der Waals surface area contributed by atoms with Crippen LogP contribution in [0, 0.1) is 5.92 Å². The van der Waals surface area contributed by atoms with Crippen molar-refractivity contribution in [2.75, 3.05) is 0 Å². The van der Waals surface area contributed by atoms with Crippen LogP contribution in [0.3, 0.4) is 0 Å². The molecule has 0 aliphatic heterocycles. The number of amides is 1. The third-order valence-electron chi connectivity index (χ3n) is 3.45. The standard InChI is InChI=1S/C16H23F3N2O2/c1-11(2)5-4-6-12(3)20-14(22)10-21-9-13(16(17,18)19)7-8-15(21)23/h7-9,11-12H,4-6,10H2,1-3H3,(H,20,22)/t12-/m1/s1. The SMILES string of the molecule is CC(C)CCC[C@@H](C)NC(=O)Cn1cc(C(F)(F)F)ccc1=O. The average Bonchev–Trinajstić information content (AvgIpc) is 2.39. The molecule has 0 saturated carbocycles. The van der Waals surface area contributed by atoms with Crippen LogP contribution < -0.4 is 10.9 Å². The second-order valence-electron chi connectivity index (χ2n) is 6.17. The molecule has 0 fully saturated rings. The van der Waals surface area contributed by atoms with Crippen LogP contribution in [0.25, 0.3) is 0 Å². The molecule has 0 aliphatic carbocycles. The highest BCUT2D eigenvalue weighted by Crippen LogP contribution is 2.27. The van der Waals surface area contributed by atoms with E-state index in [9.17, 15) is 22.8 Å². The number of pyridine rings is 1. The van der Waals surface area contributed by atoms with Gasteiger partial charge in [0.1, 0.15) is 6.54 Å². The summed E-state index contributed by atoms with van der Waals surface area (Å²) in [6, 6.07) is 1.45. The van der Waals surface area contributed by atoms with E-state index in [1.165, 1.54) is 0 Å². The van der Waals surface area contributed by atoms with Gasteiger partial charge in [-0.05, 0) is 25.3 Å². The molecule has 0 aliphatic rings. The van der Waals surface area contributed by atoms with E-state index in [4.69, 9.17) is 0 Å². The number of rotatable bonds is 7. The van der Waals surface area contributed by atoms with Crippen LogP contribution in [0.15, 0.2) is 23.1 Å². The van der Waals surface area contributed by atoms with Gasteiger partial charge in [0.05, 0.1) is 5.56 Å². The maximum atomic E-state index is 12.6. The van der Waals surface area contributed by atoms with Crippen molar-refractivity contribution in [2.24, 2.45) is 5.92 Å².